The van der Waals surface area contributed by atoms with Gasteiger partial charge in [0.2, 0.25) is 0 Å². The Balaban J connectivity index is 1.82. The lowest BCUT2D eigenvalue weighted by Crippen LogP contribution is -2.46. The molecule has 2 fully saturated rings. The Bertz CT molecular complexity index is 325. The van der Waals surface area contributed by atoms with Crippen molar-refractivity contribution >= 4 is 11.9 Å². The van der Waals surface area contributed by atoms with Gasteiger partial charge in [-0.3, -0.25) is 9.59 Å². The second-order valence-electron chi connectivity index (χ2n) is 5.58. The predicted octanol–water partition coefficient (Wildman–Crippen LogP) is 1.66. The van der Waals surface area contributed by atoms with Crippen LogP contribution in [0.2, 0.25) is 0 Å². The van der Waals surface area contributed by atoms with Crippen LogP contribution in [0.5, 0.6) is 0 Å². The molecular formula is C14H23NO4. The maximum atomic E-state index is 12.3. The largest absolute Gasteiger partial charge is 0.481 e. The molecule has 0 spiro atoms. The lowest BCUT2D eigenvalue weighted by molar-refractivity contribution is -0.148. The zero-order chi connectivity index (χ0) is 13.7. The molecule has 2 saturated heterocycles. The van der Waals surface area contributed by atoms with Crippen LogP contribution in [0.4, 0.5) is 0 Å². The zero-order valence-electron chi connectivity index (χ0n) is 11.3. The van der Waals surface area contributed by atoms with Gasteiger partial charge in [-0.2, -0.15) is 0 Å². The number of hydrogen-bond acceptors (Lipinski definition) is 3. The molecule has 2 atom stereocenters. The van der Waals surface area contributed by atoms with Crippen LogP contribution >= 0.6 is 0 Å². The van der Waals surface area contributed by atoms with Gasteiger partial charge in [-0.1, -0.05) is 0 Å². The van der Waals surface area contributed by atoms with Crippen LogP contribution in [0.25, 0.3) is 0 Å². The lowest BCUT2D eigenvalue weighted by atomic mass is 9.93. The SMILES string of the molecule is O=C(O)CC[C@@H]1CCCN(C(=O)[C@@H]2CCCCO2)C1. The highest BCUT2D eigenvalue weighted by Gasteiger charge is 2.30. The van der Waals surface area contributed by atoms with Gasteiger partial charge in [0.15, 0.2) is 0 Å². The highest BCUT2D eigenvalue weighted by Crippen LogP contribution is 2.23. The van der Waals surface area contributed by atoms with E-state index in [4.69, 9.17) is 9.84 Å². The van der Waals surface area contributed by atoms with Crippen molar-refractivity contribution in [2.75, 3.05) is 19.7 Å². The third kappa shape index (κ3) is 4.20. The second kappa shape index (κ2) is 6.89. The number of carboxylic acids is 1. The fraction of sp³-hybridized carbons (Fsp3) is 0.857. The number of aliphatic carboxylic acids is 1. The van der Waals surface area contributed by atoms with E-state index in [-0.39, 0.29) is 18.4 Å². The molecular weight excluding hydrogens is 246 g/mol. The Kier molecular flexibility index (Phi) is 5.19. The average Bonchev–Trinajstić information content (AvgIpc) is 2.45. The van der Waals surface area contributed by atoms with E-state index in [1.165, 1.54) is 0 Å². The first-order valence-electron chi connectivity index (χ1n) is 7.29. The van der Waals surface area contributed by atoms with E-state index in [9.17, 15) is 9.59 Å². The van der Waals surface area contributed by atoms with Crippen molar-refractivity contribution in [1.29, 1.82) is 0 Å². The minimum Gasteiger partial charge on any atom is -0.481 e. The Hall–Kier alpha value is -1.10. The van der Waals surface area contributed by atoms with Gasteiger partial charge in [-0.05, 0) is 44.4 Å². The summed E-state index contributed by atoms with van der Waals surface area (Å²) in [4.78, 5) is 24.8. The minimum atomic E-state index is -0.751. The van der Waals surface area contributed by atoms with Crippen LogP contribution in [0, 0.1) is 5.92 Å². The lowest BCUT2D eigenvalue weighted by Gasteiger charge is -2.35. The van der Waals surface area contributed by atoms with Gasteiger partial charge in [-0.15, -0.1) is 0 Å². The molecule has 0 aliphatic carbocycles. The Morgan fingerprint density at radius 1 is 1.21 bits per heavy atom. The number of ether oxygens (including phenoxy) is 1. The molecule has 1 N–H and O–H groups in total. The van der Waals surface area contributed by atoms with E-state index in [1.807, 2.05) is 4.90 Å². The molecule has 0 aromatic rings. The summed E-state index contributed by atoms with van der Waals surface area (Å²) < 4.78 is 5.54. The number of carbonyl (C=O) groups is 2. The average molecular weight is 269 g/mol. The summed E-state index contributed by atoms with van der Waals surface area (Å²) in [5, 5.41) is 8.72. The maximum absolute atomic E-state index is 12.3. The quantitative estimate of drug-likeness (QED) is 0.843. The number of rotatable bonds is 4. The molecule has 2 heterocycles. The van der Waals surface area contributed by atoms with Gasteiger partial charge in [0.05, 0.1) is 0 Å². The van der Waals surface area contributed by atoms with Gasteiger partial charge in [0.1, 0.15) is 6.10 Å². The first-order chi connectivity index (χ1) is 9.16. The Labute approximate surface area is 113 Å². The maximum Gasteiger partial charge on any atom is 0.303 e. The van der Waals surface area contributed by atoms with Crippen molar-refractivity contribution in [2.24, 2.45) is 5.92 Å². The van der Waals surface area contributed by atoms with Crippen molar-refractivity contribution in [1.82, 2.24) is 4.90 Å². The molecule has 108 valence electrons. The monoisotopic (exact) mass is 269 g/mol. The fourth-order valence-electron chi connectivity index (χ4n) is 2.97. The highest BCUT2D eigenvalue weighted by atomic mass is 16.5. The third-order valence-corrected chi connectivity index (χ3v) is 4.05. The summed E-state index contributed by atoms with van der Waals surface area (Å²) >= 11 is 0. The van der Waals surface area contributed by atoms with Gasteiger partial charge in [-0.25, -0.2) is 0 Å². The predicted molar refractivity (Wildman–Crippen MR) is 69.8 cm³/mol. The van der Waals surface area contributed by atoms with Crippen LogP contribution in [0.3, 0.4) is 0 Å². The van der Waals surface area contributed by atoms with Crippen LogP contribution < -0.4 is 0 Å². The van der Waals surface area contributed by atoms with Crippen molar-refractivity contribution in [3.63, 3.8) is 0 Å². The summed E-state index contributed by atoms with van der Waals surface area (Å²) in [5.74, 6) is -0.309. The van der Waals surface area contributed by atoms with Gasteiger partial charge in [0, 0.05) is 26.1 Å². The van der Waals surface area contributed by atoms with Crippen molar-refractivity contribution in [3.8, 4) is 0 Å². The van der Waals surface area contributed by atoms with Crippen LogP contribution in [-0.4, -0.2) is 47.7 Å². The second-order valence-corrected chi connectivity index (χ2v) is 5.58. The van der Waals surface area contributed by atoms with Crippen LogP contribution in [0.15, 0.2) is 0 Å². The molecule has 2 rings (SSSR count). The van der Waals surface area contributed by atoms with Gasteiger partial charge < -0.3 is 14.7 Å². The summed E-state index contributed by atoms with van der Waals surface area (Å²) in [5.41, 5.74) is 0. The Morgan fingerprint density at radius 2 is 2.05 bits per heavy atom. The minimum absolute atomic E-state index is 0.111. The van der Waals surface area contributed by atoms with E-state index in [1.54, 1.807) is 0 Å². The summed E-state index contributed by atoms with van der Waals surface area (Å²) in [6, 6.07) is 0. The molecule has 0 radical (unpaired) electrons. The number of amides is 1. The smallest absolute Gasteiger partial charge is 0.303 e. The molecule has 19 heavy (non-hydrogen) atoms. The molecule has 2 aliphatic heterocycles. The van der Waals surface area contributed by atoms with Crippen molar-refractivity contribution < 1.29 is 19.4 Å². The summed E-state index contributed by atoms with van der Waals surface area (Å²) in [6.07, 6.45) is 5.56. The topological polar surface area (TPSA) is 66.8 Å². The number of carbonyl (C=O) groups excluding carboxylic acids is 1. The van der Waals surface area contributed by atoms with E-state index in [0.29, 0.717) is 25.5 Å². The molecule has 0 saturated carbocycles. The number of nitrogens with zero attached hydrogens (tertiary/aromatic N) is 1. The van der Waals surface area contributed by atoms with Crippen molar-refractivity contribution in [3.05, 3.63) is 0 Å². The van der Waals surface area contributed by atoms with Gasteiger partial charge >= 0.3 is 5.97 Å². The molecule has 0 unspecified atom stereocenters. The molecule has 1 amide bonds. The first kappa shape index (κ1) is 14.3. The normalized spacial score (nSPS) is 28.1. The molecule has 2 aliphatic rings. The number of hydrogen-bond donors (Lipinski definition) is 1. The fourth-order valence-corrected chi connectivity index (χ4v) is 2.97. The first-order valence-corrected chi connectivity index (χ1v) is 7.29. The van der Waals surface area contributed by atoms with E-state index in [2.05, 4.69) is 0 Å². The number of likely N-dealkylation sites (tertiary alicyclic amines) is 1. The molecule has 5 nitrogen and oxygen atoms in total. The van der Waals surface area contributed by atoms with Crippen molar-refractivity contribution in [2.45, 2.75) is 51.0 Å². The van der Waals surface area contributed by atoms with Crippen LogP contribution in [0.1, 0.15) is 44.9 Å². The molecule has 0 aromatic heterocycles. The molecule has 0 bridgehead atoms. The zero-order valence-corrected chi connectivity index (χ0v) is 11.3. The number of piperidine rings is 1. The van der Waals surface area contributed by atoms with Crippen LogP contribution in [-0.2, 0) is 14.3 Å². The molecule has 5 heteroatoms. The van der Waals surface area contributed by atoms with Gasteiger partial charge in [0.25, 0.3) is 5.91 Å². The third-order valence-electron chi connectivity index (χ3n) is 4.05. The van der Waals surface area contributed by atoms with E-state index < -0.39 is 5.97 Å². The highest BCUT2D eigenvalue weighted by molar-refractivity contribution is 5.81. The summed E-state index contributed by atoms with van der Waals surface area (Å²) in [6.45, 7) is 2.18. The van der Waals surface area contributed by atoms with E-state index >= 15 is 0 Å². The summed E-state index contributed by atoms with van der Waals surface area (Å²) in [7, 11) is 0. The standard InChI is InChI=1S/C14H23NO4/c16-13(17)7-6-11-4-3-8-15(10-11)14(18)12-5-1-2-9-19-12/h11-12H,1-10H2,(H,16,17)/t11-,12-/m0/s1. The Morgan fingerprint density at radius 3 is 2.74 bits per heavy atom. The molecule has 0 aromatic carbocycles. The van der Waals surface area contributed by atoms with E-state index in [0.717, 1.165) is 38.6 Å². The number of carboxylic acid groups (broad SMARTS) is 1.